The molecule has 14 nitrogen and oxygen atoms in total. The van der Waals surface area contributed by atoms with Crippen LogP contribution in [0.5, 0.6) is 0 Å². The molecule has 0 aliphatic carbocycles. The van der Waals surface area contributed by atoms with Crippen LogP contribution in [0.2, 0.25) is 0 Å². The molecule has 0 bridgehead atoms. The van der Waals surface area contributed by atoms with Gasteiger partial charge in [-0.15, -0.1) is 11.8 Å². The molecule has 15 heteroatoms. The van der Waals surface area contributed by atoms with Gasteiger partial charge in [-0.25, -0.2) is 14.4 Å². The number of nitrogens with zero attached hydrogens (tertiary/aromatic N) is 2. The fraction of sp³-hybridized carbons (Fsp3) is 0.520. The predicted octanol–water partition coefficient (Wildman–Crippen LogP) is 1.43. The number of hydrogen-bond acceptors (Lipinski definition) is 12. The van der Waals surface area contributed by atoms with E-state index in [1.165, 1.54) is 38.3 Å². The SMILES string of the molecule is CCCCCC[C@@H](OC(=O)C1=C(COC(N)=O)CS[C@@H]2[C@H](NC(=O)/C(=N\OC)c3ccco3)C(=O)N12)C(=O)OC. The van der Waals surface area contributed by atoms with Crippen molar-refractivity contribution in [2.24, 2.45) is 10.9 Å². The van der Waals surface area contributed by atoms with Gasteiger partial charge in [-0.3, -0.25) is 14.5 Å². The van der Waals surface area contributed by atoms with E-state index in [1.807, 2.05) is 6.92 Å². The van der Waals surface area contributed by atoms with Crippen LogP contribution in [0.15, 0.2) is 39.2 Å². The summed E-state index contributed by atoms with van der Waals surface area (Å²) in [6, 6.07) is 2.04. The second-order valence-electron chi connectivity index (χ2n) is 8.79. The van der Waals surface area contributed by atoms with E-state index in [0.717, 1.165) is 24.2 Å². The molecule has 0 saturated carbocycles. The first-order valence-corrected chi connectivity index (χ1v) is 13.6. The van der Waals surface area contributed by atoms with Crippen LogP contribution < -0.4 is 11.1 Å². The number of rotatable bonds is 14. The topological polar surface area (TPSA) is 189 Å². The number of amides is 3. The van der Waals surface area contributed by atoms with Crippen molar-refractivity contribution >= 4 is 47.3 Å². The second kappa shape index (κ2) is 14.4. The third-order valence-corrected chi connectivity index (χ3v) is 7.44. The number of fused-ring (bicyclic) bond motifs is 1. The average molecular weight is 581 g/mol. The maximum atomic E-state index is 13.4. The van der Waals surface area contributed by atoms with Crippen molar-refractivity contribution in [3.8, 4) is 0 Å². The van der Waals surface area contributed by atoms with Crippen molar-refractivity contribution < 1.29 is 47.4 Å². The fourth-order valence-corrected chi connectivity index (χ4v) is 5.48. The molecule has 40 heavy (non-hydrogen) atoms. The van der Waals surface area contributed by atoms with Gasteiger partial charge in [0.05, 0.1) is 13.4 Å². The van der Waals surface area contributed by atoms with Crippen LogP contribution in [-0.2, 0) is 38.2 Å². The van der Waals surface area contributed by atoms with Crippen LogP contribution in [-0.4, -0.2) is 84.6 Å². The Hall–Kier alpha value is -4.01. The van der Waals surface area contributed by atoms with Crippen molar-refractivity contribution in [2.45, 2.75) is 56.5 Å². The molecule has 1 aromatic heterocycles. The summed E-state index contributed by atoms with van der Waals surface area (Å²) in [6.07, 6.45) is 2.70. The summed E-state index contributed by atoms with van der Waals surface area (Å²) < 4.78 is 20.4. The minimum absolute atomic E-state index is 0.127. The Morgan fingerprint density at radius 3 is 2.65 bits per heavy atom. The van der Waals surface area contributed by atoms with Gasteiger partial charge in [-0.05, 0) is 25.0 Å². The third kappa shape index (κ3) is 7.14. The van der Waals surface area contributed by atoms with E-state index in [1.54, 1.807) is 6.07 Å². The highest BCUT2D eigenvalue weighted by Crippen LogP contribution is 2.41. The van der Waals surface area contributed by atoms with Gasteiger partial charge in [0.25, 0.3) is 11.8 Å². The van der Waals surface area contributed by atoms with Crippen LogP contribution in [0.3, 0.4) is 0 Å². The highest BCUT2D eigenvalue weighted by Gasteiger charge is 2.55. The minimum Gasteiger partial charge on any atom is -0.466 e. The smallest absolute Gasteiger partial charge is 0.404 e. The number of carbonyl (C=O) groups excluding carboxylic acids is 5. The lowest BCUT2D eigenvalue weighted by Gasteiger charge is -2.49. The number of oxime groups is 1. The van der Waals surface area contributed by atoms with Crippen molar-refractivity contribution in [3.63, 3.8) is 0 Å². The van der Waals surface area contributed by atoms with E-state index in [0.29, 0.717) is 6.42 Å². The summed E-state index contributed by atoms with van der Waals surface area (Å²) in [5.74, 6) is -2.77. The number of unbranched alkanes of at least 4 members (excludes halogenated alkanes) is 3. The molecular formula is C25H32N4O10S. The van der Waals surface area contributed by atoms with Crippen molar-refractivity contribution in [3.05, 3.63) is 35.4 Å². The number of hydrogen-bond donors (Lipinski definition) is 2. The Bertz CT molecular complexity index is 1170. The Balaban J connectivity index is 1.81. The molecule has 218 valence electrons. The Morgan fingerprint density at radius 1 is 1.25 bits per heavy atom. The lowest BCUT2D eigenvalue weighted by Crippen LogP contribution is -2.71. The Kier molecular flexibility index (Phi) is 11.0. The zero-order valence-electron chi connectivity index (χ0n) is 22.4. The van der Waals surface area contributed by atoms with Crippen LogP contribution in [0.4, 0.5) is 4.79 Å². The molecule has 2 aliphatic heterocycles. The lowest BCUT2D eigenvalue weighted by molar-refractivity contribution is -0.167. The first-order valence-electron chi connectivity index (χ1n) is 12.6. The van der Waals surface area contributed by atoms with E-state index in [4.69, 9.17) is 29.2 Å². The number of carbonyl (C=O) groups is 5. The molecule has 1 saturated heterocycles. The zero-order valence-corrected chi connectivity index (χ0v) is 23.2. The van der Waals surface area contributed by atoms with E-state index >= 15 is 0 Å². The molecular weight excluding hydrogens is 548 g/mol. The monoisotopic (exact) mass is 580 g/mol. The third-order valence-electron chi connectivity index (χ3n) is 6.10. The summed E-state index contributed by atoms with van der Waals surface area (Å²) in [7, 11) is 2.44. The maximum absolute atomic E-state index is 13.4. The van der Waals surface area contributed by atoms with Gasteiger partial charge >= 0.3 is 18.0 Å². The number of primary amides is 1. The normalized spacial score (nSPS) is 19.2. The molecule has 0 unspecified atom stereocenters. The number of nitrogens with one attached hydrogen (secondary N) is 1. The van der Waals surface area contributed by atoms with E-state index in [2.05, 4.69) is 10.5 Å². The summed E-state index contributed by atoms with van der Waals surface area (Å²) in [4.78, 5) is 69.0. The zero-order chi connectivity index (χ0) is 29.2. The first kappa shape index (κ1) is 30.5. The number of esters is 2. The van der Waals surface area contributed by atoms with E-state index in [9.17, 15) is 24.0 Å². The van der Waals surface area contributed by atoms with Crippen molar-refractivity contribution in [1.29, 1.82) is 0 Å². The summed E-state index contributed by atoms with van der Waals surface area (Å²) in [5, 5.41) is 5.59. The van der Waals surface area contributed by atoms with Gasteiger partial charge in [0.1, 0.15) is 30.8 Å². The summed E-state index contributed by atoms with van der Waals surface area (Å²) >= 11 is 1.23. The van der Waals surface area contributed by atoms with E-state index < -0.39 is 47.4 Å². The molecule has 2 aliphatic rings. The molecule has 0 aromatic carbocycles. The largest absolute Gasteiger partial charge is 0.466 e. The number of furan rings is 1. The Morgan fingerprint density at radius 2 is 2.02 bits per heavy atom. The summed E-state index contributed by atoms with van der Waals surface area (Å²) in [5.41, 5.74) is 4.99. The molecule has 0 spiro atoms. The quantitative estimate of drug-likeness (QED) is 0.0809. The molecule has 3 amide bonds. The van der Waals surface area contributed by atoms with Crippen molar-refractivity contribution in [1.82, 2.24) is 10.2 Å². The number of thioether (sulfide) groups is 1. The van der Waals surface area contributed by atoms with Gasteiger partial charge < -0.3 is 34.5 Å². The Labute approximate surface area is 234 Å². The molecule has 0 radical (unpaired) electrons. The second-order valence-corrected chi connectivity index (χ2v) is 9.89. The molecule has 1 aromatic rings. The van der Waals surface area contributed by atoms with Crippen LogP contribution in [0, 0.1) is 0 Å². The highest BCUT2D eigenvalue weighted by atomic mass is 32.2. The van der Waals surface area contributed by atoms with Gasteiger partial charge in [0.15, 0.2) is 11.9 Å². The fourth-order valence-electron chi connectivity index (χ4n) is 4.15. The molecule has 1 fully saturated rings. The van der Waals surface area contributed by atoms with Gasteiger partial charge in [0.2, 0.25) is 5.71 Å². The lowest BCUT2D eigenvalue weighted by atomic mass is 10.0. The van der Waals surface area contributed by atoms with Crippen LogP contribution in [0.1, 0.15) is 44.8 Å². The molecule has 3 rings (SSSR count). The highest BCUT2D eigenvalue weighted by molar-refractivity contribution is 8.00. The number of ether oxygens (including phenoxy) is 3. The van der Waals surface area contributed by atoms with Crippen LogP contribution >= 0.6 is 11.8 Å². The van der Waals surface area contributed by atoms with Gasteiger partial charge in [0, 0.05) is 11.3 Å². The maximum Gasteiger partial charge on any atom is 0.404 e. The van der Waals surface area contributed by atoms with Gasteiger partial charge in [-0.1, -0.05) is 31.3 Å². The van der Waals surface area contributed by atoms with Crippen LogP contribution in [0.25, 0.3) is 0 Å². The minimum atomic E-state index is -1.19. The number of methoxy groups -OCH3 is 1. The molecule has 3 heterocycles. The predicted molar refractivity (Wildman–Crippen MR) is 140 cm³/mol. The number of β-lactam (4-membered cyclic amide) rings is 1. The average Bonchev–Trinajstić information content (AvgIpc) is 3.48. The molecule has 3 atom stereocenters. The van der Waals surface area contributed by atoms with Gasteiger partial charge in [-0.2, -0.15) is 0 Å². The standard InChI is InChI=1S/C25H32N4O10S/c1-4-5-6-7-9-16(23(32)35-2)39-24(33)19-14(12-38-25(26)34)13-40-22-18(21(31)29(19)22)27-20(30)17(28-36-3)15-10-8-11-37-15/h8,10-11,16,18,22H,4-7,9,12-13H2,1-3H3,(H2,26,34)(H,27,30)/b28-17-/t16-,18-,22-/m1/s1. The number of nitrogens with two attached hydrogens (primary N) is 1. The van der Waals surface area contributed by atoms with Crippen molar-refractivity contribution in [2.75, 3.05) is 26.6 Å². The molecule has 3 N–H and O–H groups in total. The summed E-state index contributed by atoms with van der Waals surface area (Å²) in [6.45, 7) is 1.67. The van der Waals surface area contributed by atoms with E-state index in [-0.39, 0.29) is 41.5 Å². The first-order chi connectivity index (χ1) is 19.2.